The SMILES string of the molecule is Cc1cc(S(C)(=O)=O)c(NC(=O)N(Cc2ccccc2)Cc2cccc(-c3cc[nH]n3)c2)c(S(C)(=O)=O)n1. The smallest absolute Gasteiger partial charge is 0.316 e. The van der Waals surface area contributed by atoms with Gasteiger partial charge in [-0.15, -0.1) is 0 Å². The molecule has 0 aliphatic carbocycles. The van der Waals surface area contributed by atoms with E-state index in [1.54, 1.807) is 6.20 Å². The number of hydrogen-bond donors (Lipinski definition) is 2. The summed E-state index contributed by atoms with van der Waals surface area (Å²) in [6, 6.07) is 19.2. The van der Waals surface area contributed by atoms with Crippen LogP contribution in [0.3, 0.4) is 0 Å². The van der Waals surface area contributed by atoms with Gasteiger partial charge in [-0.2, -0.15) is 5.10 Å². The molecule has 4 rings (SSSR count). The lowest BCUT2D eigenvalue weighted by Crippen LogP contribution is -2.35. The topological polar surface area (TPSA) is 142 Å². The molecule has 2 heterocycles. The molecule has 12 heteroatoms. The van der Waals surface area contributed by atoms with Gasteiger partial charge in [0, 0.05) is 43.1 Å². The summed E-state index contributed by atoms with van der Waals surface area (Å²) in [7, 11) is -7.88. The maximum atomic E-state index is 13.7. The van der Waals surface area contributed by atoms with Crippen LogP contribution in [0.4, 0.5) is 10.5 Å². The summed E-state index contributed by atoms with van der Waals surface area (Å²) in [6.45, 7) is 1.82. The third kappa shape index (κ3) is 6.45. The molecule has 4 aromatic rings. The summed E-state index contributed by atoms with van der Waals surface area (Å²) in [5.74, 6) is 0. The molecule has 0 fully saturated rings. The minimum atomic E-state index is -3.98. The van der Waals surface area contributed by atoms with Crippen molar-refractivity contribution in [3.63, 3.8) is 0 Å². The third-order valence-electron chi connectivity index (χ3n) is 5.66. The van der Waals surface area contributed by atoms with E-state index in [-0.39, 0.29) is 29.4 Å². The molecule has 38 heavy (non-hydrogen) atoms. The van der Waals surface area contributed by atoms with Gasteiger partial charge < -0.3 is 10.2 Å². The molecule has 10 nitrogen and oxygen atoms in total. The summed E-state index contributed by atoms with van der Waals surface area (Å²) in [4.78, 5) is 18.9. The Kier molecular flexibility index (Phi) is 7.65. The maximum absolute atomic E-state index is 13.7. The van der Waals surface area contributed by atoms with Gasteiger partial charge in [-0.05, 0) is 36.2 Å². The van der Waals surface area contributed by atoms with Gasteiger partial charge in [0.15, 0.2) is 24.7 Å². The van der Waals surface area contributed by atoms with Crippen LogP contribution >= 0.6 is 0 Å². The fraction of sp³-hybridized carbons (Fsp3) is 0.192. The van der Waals surface area contributed by atoms with Crippen LogP contribution in [0, 0.1) is 6.92 Å². The number of urea groups is 1. The summed E-state index contributed by atoms with van der Waals surface area (Å²) in [5.41, 5.74) is 3.05. The zero-order valence-corrected chi connectivity index (χ0v) is 22.7. The van der Waals surface area contributed by atoms with Crippen molar-refractivity contribution in [2.75, 3.05) is 17.8 Å². The van der Waals surface area contributed by atoms with Gasteiger partial charge in [0.05, 0.1) is 16.3 Å². The van der Waals surface area contributed by atoms with Crippen LogP contribution in [0.5, 0.6) is 0 Å². The number of aromatic nitrogens is 3. The second kappa shape index (κ2) is 10.8. The molecule has 2 N–H and O–H groups in total. The van der Waals surface area contributed by atoms with Crippen LogP contribution in [0.2, 0.25) is 0 Å². The molecule has 0 saturated heterocycles. The largest absolute Gasteiger partial charge is 0.322 e. The Bertz CT molecular complexity index is 1620. The predicted octanol–water partition coefficient (Wildman–Crippen LogP) is 3.82. The van der Waals surface area contributed by atoms with Crippen LogP contribution in [-0.2, 0) is 32.8 Å². The summed E-state index contributed by atoms with van der Waals surface area (Å²) >= 11 is 0. The van der Waals surface area contributed by atoms with Crippen molar-refractivity contribution in [3.05, 3.63) is 89.7 Å². The number of carbonyl (C=O) groups excluding carboxylic acids is 1. The summed E-state index contributed by atoms with van der Waals surface area (Å²) in [5, 5.41) is 9.02. The monoisotopic (exact) mass is 553 g/mol. The van der Waals surface area contributed by atoms with Crippen molar-refractivity contribution in [3.8, 4) is 11.3 Å². The number of aryl methyl sites for hydroxylation is 1. The van der Waals surface area contributed by atoms with E-state index in [9.17, 15) is 21.6 Å². The van der Waals surface area contributed by atoms with E-state index in [2.05, 4.69) is 20.5 Å². The number of aromatic amines is 1. The Labute approximate surface area is 221 Å². The van der Waals surface area contributed by atoms with Crippen molar-refractivity contribution < 1.29 is 21.6 Å². The van der Waals surface area contributed by atoms with Crippen LogP contribution in [0.25, 0.3) is 11.3 Å². The number of carbonyl (C=O) groups is 1. The zero-order valence-electron chi connectivity index (χ0n) is 21.0. The van der Waals surface area contributed by atoms with Gasteiger partial charge >= 0.3 is 6.03 Å². The number of benzene rings is 2. The second-order valence-electron chi connectivity index (χ2n) is 8.92. The van der Waals surface area contributed by atoms with Crippen LogP contribution in [0.15, 0.2) is 82.8 Å². The van der Waals surface area contributed by atoms with Crippen LogP contribution in [-0.4, -0.2) is 55.5 Å². The molecule has 198 valence electrons. The molecule has 2 amide bonds. The lowest BCUT2D eigenvalue weighted by molar-refractivity contribution is 0.206. The Morgan fingerprint density at radius 2 is 1.58 bits per heavy atom. The highest BCUT2D eigenvalue weighted by atomic mass is 32.2. The van der Waals surface area contributed by atoms with Gasteiger partial charge in [0.2, 0.25) is 0 Å². The molecule has 0 atom stereocenters. The molecular weight excluding hydrogens is 526 g/mol. The fourth-order valence-electron chi connectivity index (χ4n) is 3.95. The minimum Gasteiger partial charge on any atom is -0.316 e. The van der Waals surface area contributed by atoms with E-state index in [0.717, 1.165) is 34.9 Å². The van der Waals surface area contributed by atoms with Crippen molar-refractivity contribution in [2.24, 2.45) is 0 Å². The molecule has 0 aliphatic rings. The van der Waals surface area contributed by atoms with Crippen molar-refractivity contribution in [1.82, 2.24) is 20.1 Å². The molecular formula is C26H27N5O5S2. The van der Waals surface area contributed by atoms with E-state index in [1.165, 1.54) is 17.9 Å². The zero-order chi connectivity index (χ0) is 27.5. The number of pyridine rings is 1. The average Bonchev–Trinajstić information content (AvgIpc) is 3.39. The molecule has 2 aromatic heterocycles. The number of amides is 2. The Morgan fingerprint density at radius 3 is 2.21 bits per heavy atom. The van der Waals surface area contributed by atoms with E-state index in [0.29, 0.717) is 0 Å². The van der Waals surface area contributed by atoms with E-state index in [4.69, 9.17) is 0 Å². The highest BCUT2D eigenvalue weighted by Gasteiger charge is 2.27. The Hall–Kier alpha value is -4.03. The predicted molar refractivity (Wildman–Crippen MR) is 144 cm³/mol. The molecule has 0 bridgehead atoms. The number of nitrogens with one attached hydrogen (secondary N) is 2. The Morgan fingerprint density at radius 1 is 0.895 bits per heavy atom. The van der Waals surface area contributed by atoms with Crippen molar-refractivity contribution in [1.29, 1.82) is 0 Å². The number of anilines is 1. The van der Waals surface area contributed by atoms with Gasteiger partial charge in [0.1, 0.15) is 0 Å². The number of rotatable bonds is 8. The van der Waals surface area contributed by atoms with Crippen molar-refractivity contribution in [2.45, 2.75) is 29.9 Å². The first-order chi connectivity index (χ1) is 17.9. The highest BCUT2D eigenvalue weighted by molar-refractivity contribution is 7.91. The fourth-order valence-corrected chi connectivity index (χ4v) is 5.76. The van der Waals surface area contributed by atoms with Gasteiger partial charge in [-0.3, -0.25) is 5.10 Å². The molecule has 0 aliphatic heterocycles. The van der Waals surface area contributed by atoms with Crippen LogP contribution < -0.4 is 5.32 Å². The van der Waals surface area contributed by atoms with Crippen molar-refractivity contribution >= 4 is 31.4 Å². The first kappa shape index (κ1) is 27.0. The summed E-state index contributed by atoms with van der Waals surface area (Å²) in [6.07, 6.45) is 3.58. The first-order valence-electron chi connectivity index (χ1n) is 11.5. The van der Waals surface area contributed by atoms with E-state index >= 15 is 0 Å². The normalized spacial score (nSPS) is 11.8. The average molecular weight is 554 g/mol. The van der Waals surface area contributed by atoms with Gasteiger partial charge in [-0.25, -0.2) is 26.6 Å². The van der Waals surface area contributed by atoms with Gasteiger partial charge in [-0.1, -0.05) is 48.5 Å². The maximum Gasteiger partial charge on any atom is 0.322 e. The number of nitrogens with zero attached hydrogens (tertiary/aromatic N) is 3. The summed E-state index contributed by atoms with van der Waals surface area (Å²) < 4.78 is 50.2. The number of hydrogen-bond acceptors (Lipinski definition) is 7. The molecule has 0 saturated carbocycles. The second-order valence-corrected chi connectivity index (χ2v) is 12.8. The number of sulfone groups is 2. The number of H-pyrrole nitrogens is 1. The third-order valence-corrected chi connectivity index (χ3v) is 7.78. The van der Waals surface area contributed by atoms with E-state index in [1.807, 2.05) is 60.7 Å². The molecule has 0 spiro atoms. The molecule has 0 unspecified atom stereocenters. The highest BCUT2D eigenvalue weighted by Crippen LogP contribution is 2.30. The first-order valence-corrected chi connectivity index (χ1v) is 15.3. The standard InChI is InChI=1S/C26H27N5O5S2/c1-18-14-23(37(2,33)34)24(25(28-18)38(3,35)36)29-26(32)31(16-19-8-5-4-6-9-19)17-20-10-7-11-21(15-20)22-12-13-27-30-22/h4-15H,16-17H2,1-3H3,(H,27,30)(H,29,32). The lowest BCUT2D eigenvalue weighted by Gasteiger charge is -2.25. The Balaban J connectivity index is 1.74. The minimum absolute atomic E-state index is 0.153. The van der Waals surface area contributed by atoms with Crippen LogP contribution in [0.1, 0.15) is 16.8 Å². The molecule has 0 radical (unpaired) electrons. The van der Waals surface area contributed by atoms with Gasteiger partial charge in [0.25, 0.3) is 0 Å². The van der Waals surface area contributed by atoms with E-state index < -0.39 is 30.7 Å². The lowest BCUT2D eigenvalue weighted by atomic mass is 10.1. The quantitative estimate of drug-likeness (QED) is 0.338. The molecule has 2 aromatic carbocycles.